The van der Waals surface area contributed by atoms with E-state index in [1.807, 2.05) is 4.90 Å². The fourth-order valence-electron chi connectivity index (χ4n) is 2.74. The van der Waals surface area contributed by atoms with Gasteiger partial charge in [0.15, 0.2) is 17.3 Å². The maximum absolute atomic E-state index is 13.7. The van der Waals surface area contributed by atoms with E-state index in [-0.39, 0.29) is 17.8 Å². The van der Waals surface area contributed by atoms with Crippen molar-refractivity contribution in [3.05, 3.63) is 53.4 Å². The third-order valence-corrected chi connectivity index (χ3v) is 4.11. The van der Waals surface area contributed by atoms with E-state index >= 15 is 0 Å². The summed E-state index contributed by atoms with van der Waals surface area (Å²) in [5, 5.41) is 3.56. The number of halogens is 4. The van der Waals surface area contributed by atoms with E-state index in [4.69, 9.17) is 0 Å². The zero-order valence-corrected chi connectivity index (χ0v) is 13.2. The summed E-state index contributed by atoms with van der Waals surface area (Å²) in [5.74, 6) is -2.17. The summed E-state index contributed by atoms with van der Waals surface area (Å²) in [6.45, 7) is -0.895. The molecule has 0 unspecified atom stereocenters. The Morgan fingerprint density at radius 2 is 1.84 bits per heavy atom. The zero-order valence-electron chi connectivity index (χ0n) is 13.2. The average Bonchev–Trinajstić information content (AvgIpc) is 3.09. The topological polar surface area (TPSA) is 41.4 Å². The standard InChI is InChI=1S/C16H16F4N4O/c17-12-3-1-2-11(14(12)18)10-22-6-8-23(9-7-22)15(25)13-4-5-24(21-13)16(19)20/h1-5,16H,6-10H2. The molecule has 1 aliphatic rings. The van der Waals surface area contributed by atoms with Crippen molar-refractivity contribution in [2.45, 2.75) is 13.1 Å². The molecule has 0 spiro atoms. The Morgan fingerprint density at radius 3 is 2.48 bits per heavy atom. The van der Waals surface area contributed by atoms with Crippen LogP contribution in [0.1, 0.15) is 22.6 Å². The minimum Gasteiger partial charge on any atom is -0.335 e. The Morgan fingerprint density at radius 1 is 1.12 bits per heavy atom. The van der Waals surface area contributed by atoms with E-state index in [0.717, 1.165) is 12.3 Å². The Labute approximate surface area is 141 Å². The zero-order chi connectivity index (χ0) is 18.0. The first-order valence-corrected chi connectivity index (χ1v) is 7.73. The van der Waals surface area contributed by atoms with Gasteiger partial charge in [0.1, 0.15) is 0 Å². The third-order valence-electron chi connectivity index (χ3n) is 4.11. The van der Waals surface area contributed by atoms with Crippen LogP contribution in [-0.4, -0.2) is 51.7 Å². The van der Waals surface area contributed by atoms with Crippen molar-refractivity contribution in [1.29, 1.82) is 0 Å². The van der Waals surface area contributed by atoms with Crippen LogP contribution in [0.5, 0.6) is 0 Å². The van der Waals surface area contributed by atoms with Crippen molar-refractivity contribution < 1.29 is 22.4 Å². The van der Waals surface area contributed by atoms with Gasteiger partial charge in [-0.2, -0.15) is 13.9 Å². The molecule has 0 atom stereocenters. The fraction of sp³-hybridized carbons (Fsp3) is 0.375. The summed E-state index contributed by atoms with van der Waals surface area (Å²) < 4.78 is 52.4. The van der Waals surface area contributed by atoms with E-state index in [9.17, 15) is 22.4 Å². The van der Waals surface area contributed by atoms with E-state index < -0.39 is 24.1 Å². The Bertz CT molecular complexity index is 756. The molecule has 1 aliphatic heterocycles. The summed E-state index contributed by atoms with van der Waals surface area (Å²) in [5.41, 5.74) is 0.223. The maximum Gasteiger partial charge on any atom is 0.333 e. The van der Waals surface area contributed by atoms with Crippen LogP contribution >= 0.6 is 0 Å². The number of rotatable bonds is 4. The van der Waals surface area contributed by atoms with Crippen LogP contribution in [-0.2, 0) is 6.54 Å². The minimum atomic E-state index is -2.79. The van der Waals surface area contributed by atoms with Crippen LogP contribution in [0, 0.1) is 11.6 Å². The van der Waals surface area contributed by atoms with Gasteiger partial charge in [-0.25, -0.2) is 13.5 Å². The van der Waals surface area contributed by atoms with Gasteiger partial charge < -0.3 is 4.90 Å². The first-order valence-electron chi connectivity index (χ1n) is 7.73. The van der Waals surface area contributed by atoms with Gasteiger partial charge in [-0.15, -0.1) is 0 Å². The van der Waals surface area contributed by atoms with Gasteiger partial charge in [0.2, 0.25) is 0 Å². The molecule has 9 heteroatoms. The van der Waals surface area contributed by atoms with E-state index in [2.05, 4.69) is 5.10 Å². The molecule has 1 aromatic heterocycles. The van der Waals surface area contributed by atoms with Crippen molar-refractivity contribution in [2.24, 2.45) is 0 Å². The summed E-state index contributed by atoms with van der Waals surface area (Å²) >= 11 is 0. The lowest BCUT2D eigenvalue weighted by molar-refractivity contribution is 0.0533. The number of hydrogen-bond acceptors (Lipinski definition) is 3. The first-order chi connectivity index (χ1) is 12.0. The number of carbonyl (C=O) groups excluding carboxylic acids is 1. The van der Waals surface area contributed by atoms with Crippen molar-refractivity contribution in [3.63, 3.8) is 0 Å². The van der Waals surface area contributed by atoms with Gasteiger partial charge >= 0.3 is 6.55 Å². The number of benzene rings is 1. The number of carbonyl (C=O) groups is 1. The second kappa shape index (κ2) is 7.22. The number of aromatic nitrogens is 2. The molecule has 0 saturated carbocycles. The van der Waals surface area contributed by atoms with Gasteiger partial charge in [-0.05, 0) is 12.1 Å². The monoisotopic (exact) mass is 356 g/mol. The quantitative estimate of drug-likeness (QED) is 0.791. The molecule has 5 nitrogen and oxygen atoms in total. The normalized spacial score (nSPS) is 15.8. The lowest BCUT2D eigenvalue weighted by Gasteiger charge is -2.34. The molecule has 25 heavy (non-hydrogen) atoms. The molecule has 2 aromatic rings. The number of alkyl halides is 2. The molecule has 134 valence electrons. The van der Waals surface area contributed by atoms with Gasteiger partial charge in [0, 0.05) is 44.5 Å². The molecular weight excluding hydrogens is 340 g/mol. The van der Waals surface area contributed by atoms with Gasteiger partial charge in [-0.3, -0.25) is 9.69 Å². The second-order valence-corrected chi connectivity index (χ2v) is 5.74. The van der Waals surface area contributed by atoms with Crippen LogP contribution in [0.3, 0.4) is 0 Å². The number of piperazine rings is 1. The van der Waals surface area contributed by atoms with Crippen LogP contribution in [0.15, 0.2) is 30.5 Å². The highest BCUT2D eigenvalue weighted by Gasteiger charge is 2.25. The van der Waals surface area contributed by atoms with Crippen LogP contribution in [0.4, 0.5) is 17.6 Å². The molecule has 2 heterocycles. The number of nitrogens with zero attached hydrogens (tertiary/aromatic N) is 4. The van der Waals surface area contributed by atoms with Crippen molar-refractivity contribution >= 4 is 5.91 Å². The van der Waals surface area contributed by atoms with Crippen molar-refractivity contribution in [1.82, 2.24) is 19.6 Å². The van der Waals surface area contributed by atoms with Gasteiger partial charge in [0.25, 0.3) is 5.91 Å². The molecule has 0 aliphatic carbocycles. The number of amides is 1. The van der Waals surface area contributed by atoms with Crippen LogP contribution in [0.2, 0.25) is 0 Å². The summed E-state index contributed by atoms with van der Waals surface area (Å²) in [6, 6.07) is 5.29. The smallest absolute Gasteiger partial charge is 0.333 e. The summed E-state index contributed by atoms with van der Waals surface area (Å²) in [7, 11) is 0. The highest BCUT2D eigenvalue weighted by Crippen LogP contribution is 2.16. The first kappa shape index (κ1) is 17.4. The van der Waals surface area contributed by atoms with Crippen molar-refractivity contribution in [2.75, 3.05) is 26.2 Å². The Kier molecular flexibility index (Phi) is 5.03. The molecule has 0 radical (unpaired) electrons. The minimum absolute atomic E-state index is 0.0371. The molecule has 0 N–H and O–H groups in total. The molecule has 1 saturated heterocycles. The predicted molar refractivity (Wildman–Crippen MR) is 81.0 cm³/mol. The number of hydrogen-bond donors (Lipinski definition) is 0. The van der Waals surface area contributed by atoms with Crippen LogP contribution in [0.25, 0.3) is 0 Å². The summed E-state index contributed by atoms with van der Waals surface area (Å²) in [4.78, 5) is 15.7. The predicted octanol–water partition coefficient (Wildman–Crippen LogP) is 2.51. The molecule has 1 fully saturated rings. The molecular formula is C16H16F4N4O. The summed E-state index contributed by atoms with van der Waals surface area (Å²) in [6.07, 6.45) is 1.06. The lowest BCUT2D eigenvalue weighted by atomic mass is 10.1. The molecule has 1 amide bonds. The van der Waals surface area contributed by atoms with E-state index in [1.165, 1.54) is 23.1 Å². The van der Waals surface area contributed by atoms with Crippen LogP contribution < -0.4 is 0 Å². The largest absolute Gasteiger partial charge is 0.335 e. The average molecular weight is 356 g/mol. The molecule has 3 rings (SSSR count). The molecule has 1 aromatic carbocycles. The molecule has 0 bridgehead atoms. The highest BCUT2D eigenvalue weighted by atomic mass is 19.3. The van der Waals surface area contributed by atoms with Crippen molar-refractivity contribution in [3.8, 4) is 0 Å². The second-order valence-electron chi connectivity index (χ2n) is 5.74. The van der Waals surface area contributed by atoms with Gasteiger partial charge in [-0.1, -0.05) is 12.1 Å². The maximum atomic E-state index is 13.7. The van der Waals surface area contributed by atoms with E-state index in [1.54, 1.807) is 0 Å². The fourth-order valence-corrected chi connectivity index (χ4v) is 2.74. The van der Waals surface area contributed by atoms with E-state index in [0.29, 0.717) is 30.9 Å². The Balaban J connectivity index is 1.57. The van der Waals surface area contributed by atoms with Gasteiger partial charge in [0.05, 0.1) is 0 Å². The SMILES string of the molecule is O=C(c1ccn(C(F)F)n1)N1CCN(Cc2cccc(F)c2F)CC1. The Hall–Kier alpha value is -2.42. The third kappa shape index (κ3) is 3.81. The lowest BCUT2D eigenvalue weighted by Crippen LogP contribution is -2.48. The highest BCUT2D eigenvalue weighted by molar-refractivity contribution is 5.92.